The number of esters is 1. The van der Waals surface area contributed by atoms with Crippen LogP contribution in [0.5, 0.6) is 0 Å². The van der Waals surface area contributed by atoms with Gasteiger partial charge in [-0.2, -0.15) is 0 Å². The molecule has 1 saturated carbocycles. The van der Waals surface area contributed by atoms with Crippen LogP contribution < -0.4 is 0 Å². The van der Waals surface area contributed by atoms with Gasteiger partial charge in [0.25, 0.3) is 0 Å². The molecule has 2 heteroatoms. The molecule has 0 aromatic heterocycles. The van der Waals surface area contributed by atoms with Gasteiger partial charge in [0.05, 0.1) is 0 Å². The lowest BCUT2D eigenvalue weighted by atomic mass is 9.64. The Hall–Kier alpha value is -2.53. The molecule has 0 radical (unpaired) electrons. The molecule has 0 bridgehead atoms. The Morgan fingerprint density at radius 3 is 2.29 bits per heavy atom. The Morgan fingerprint density at radius 1 is 1.00 bits per heavy atom. The molecule has 2 nitrogen and oxygen atoms in total. The molecule has 2 aromatic carbocycles. The summed E-state index contributed by atoms with van der Waals surface area (Å²) < 4.78 is 5.80. The summed E-state index contributed by atoms with van der Waals surface area (Å²) in [4.78, 5) is 12.0. The first-order chi connectivity index (χ1) is 13.4. The Bertz CT molecular complexity index is 853. The van der Waals surface area contributed by atoms with E-state index >= 15 is 0 Å². The summed E-state index contributed by atoms with van der Waals surface area (Å²) in [7, 11) is 0. The average molecular weight is 375 g/mol. The fourth-order valence-electron chi connectivity index (χ4n) is 4.49. The number of carbonyl (C=O) groups excluding carboxylic acids is 1. The van der Waals surface area contributed by atoms with Crippen molar-refractivity contribution in [2.24, 2.45) is 11.8 Å². The summed E-state index contributed by atoms with van der Waals surface area (Å²) in [5.41, 5.74) is 3.65. The summed E-state index contributed by atoms with van der Waals surface area (Å²) in [5, 5.41) is 0. The second kappa shape index (κ2) is 8.65. The van der Waals surface area contributed by atoms with Gasteiger partial charge in [-0.05, 0) is 47.8 Å². The van der Waals surface area contributed by atoms with E-state index in [0.717, 1.165) is 12.8 Å². The van der Waals surface area contributed by atoms with E-state index in [9.17, 15) is 4.79 Å². The molecule has 0 saturated heterocycles. The van der Waals surface area contributed by atoms with Gasteiger partial charge in [-0.15, -0.1) is 0 Å². The molecule has 0 N–H and O–H groups in total. The third-order valence-corrected chi connectivity index (χ3v) is 6.20. The normalized spacial score (nSPS) is 22.1. The van der Waals surface area contributed by atoms with Crippen LogP contribution in [0.1, 0.15) is 52.5 Å². The minimum absolute atomic E-state index is 0.0825. The summed E-state index contributed by atoms with van der Waals surface area (Å²) >= 11 is 0. The Morgan fingerprint density at radius 2 is 1.64 bits per heavy atom. The predicted octanol–water partition coefficient (Wildman–Crippen LogP) is 6.00. The molecule has 3 atom stereocenters. The molecule has 28 heavy (non-hydrogen) atoms. The van der Waals surface area contributed by atoms with Gasteiger partial charge >= 0.3 is 5.97 Å². The zero-order valence-corrected chi connectivity index (χ0v) is 17.4. The maximum absolute atomic E-state index is 12.0. The zero-order valence-electron chi connectivity index (χ0n) is 17.4. The van der Waals surface area contributed by atoms with Crippen molar-refractivity contribution in [3.8, 4) is 23.0 Å². The molecule has 0 aliphatic heterocycles. The van der Waals surface area contributed by atoms with Gasteiger partial charge in [0.1, 0.15) is 6.10 Å². The lowest BCUT2D eigenvalue weighted by Gasteiger charge is -2.43. The van der Waals surface area contributed by atoms with Crippen LogP contribution in [0.4, 0.5) is 0 Å². The Kier molecular flexibility index (Phi) is 6.25. The topological polar surface area (TPSA) is 26.3 Å². The molecule has 0 amide bonds. The number of carbonyl (C=O) groups is 1. The van der Waals surface area contributed by atoms with Crippen LogP contribution in [0.3, 0.4) is 0 Å². The molecule has 0 unspecified atom stereocenters. The molecule has 146 valence electrons. The maximum Gasteiger partial charge on any atom is 0.384 e. The van der Waals surface area contributed by atoms with E-state index in [2.05, 4.69) is 81.1 Å². The van der Waals surface area contributed by atoms with Crippen molar-refractivity contribution in [1.29, 1.82) is 0 Å². The maximum atomic E-state index is 12.0. The summed E-state index contributed by atoms with van der Waals surface area (Å²) in [6.45, 7) is 8.46. The molecule has 0 heterocycles. The van der Waals surface area contributed by atoms with Crippen LogP contribution in [-0.2, 0) is 14.9 Å². The highest BCUT2D eigenvalue weighted by Crippen LogP contribution is 2.44. The van der Waals surface area contributed by atoms with E-state index in [0.29, 0.717) is 5.92 Å². The number of hydrogen-bond donors (Lipinski definition) is 0. The fourth-order valence-corrected chi connectivity index (χ4v) is 4.49. The number of ether oxygens (including phenoxy) is 1. The Balaban J connectivity index is 1.84. The minimum atomic E-state index is -0.401. The molecular weight excluding hydrogens is 344 g/mol. The smallest absolute Gasteiger partial charge is 0.384 e. The monoisotopic (exact) mass is 374 g/mol. The van der Waals surface area contributed by atoms with Crippen molar-refractivity contribution in [2.45, 2.75) is 58.5 Å². The van der Waals surface area contributed by atoms with Gasteiger partial charge < -0.3 is 4.74 Å². The minimum Gasteiger partial charge on any atom is -0.452 e. The van der Waals surface area contributed by atoms with Gasteiger partial charge in [0.2, 0.25) is 0 Å². The molecule has 2 aromatic rings. The van der Waals surface area contributed by atoms with Crippen molar-refractivity contribution in [3.05, 3.63) is 60.2 Å². The van der Waals surface area contributed by atoms with Crippen LogP contribution in [0, 0.1) is 23.7 Å². The van der Waals surface area contributed by atoms with Crippen molar-refractivity contribution >= 4 is 5.97 Å². The quantitative estimate of drug-likeness (QED) is 0.372. The van der Waals surface area contributed by atoms with Crippen LogP contribution in [-0.4, -0.2) is 12.1 Å². The standard InChI is InChI=1S/C26H30O2/c1-5-9-25(27)28-24-18-19(2)12-17-23(24)26(3,4)22-15-13-21(14-16-22)20-10-7-6-8-11-20/h6-8,10-11,13-16,19,23-24H,12,17-18H2,1-4H3/t19-,23-,24-/m1/s1. The largest absolute Gasteiger partial charge is 0.452 e. The van der Waals surface area contributed by atoms with E-state index < -0.39 is 5.97 Å². The second-order valence-electron chi connectivity index (χ2n) is 8.51. The summed E-state index contributed by atoms with van der Waals surface area (Å²) in [5.74, 6) is 5.64. The first kappa shape index (κ1) is 20.2. The highest BCUT2D eigenvalue weighted by atomic mass is 16.5. The first-order valence-electron chi connectivity index (χ1n) is 10.2. The van der Waals surface area contributed by atoms with Crippen LogP contribution >= 0.6 is 0 Å². The highest BCUT2D eigenvalue weighted by molar-refractivity contribution is 5.88. The molecule has 1 fully saturated rings. The lowest BCUT2D eigenvalue weighted by Crippen LogP contribution is -2.43. The lowest BCUT2D eigenvalue weighted by molar-refractivity contribution is -0.149. The average Bonchev–Trinajstić information content (AvgIpc) is 2.69. The van der Waals surface area contributed by atoms with Gasteiger partial charge in [0.15, 0.2) is 0 Å². The van der Waals surface area contributed by atoms with Gasteiger partial charge in [-0.1, -0.05) is 87.7 Å². The summed E-state index contributed by atoms with van der Waals surface area (Å²) in [6, 6.07) is 19.3. The van der Waals surface area contributed by atoms with Crippen molar-refractivity contribution in [1.82, 2.24) is 0 Å². The van der Waals surface area contributed by atoms with Gasteiger partial charge in [-0.3, -0.25) is 0 Å². The van der Waals surface area contributed by atoms with Crippen molar-refractivity contribution < 1.29 is 9.53 Å². The first-order valence-corrected chi connectivity index (χ1v) is 10.2. The number of rotatable bonds is 4. The third kappa shape index (κ3) is 4.47. The van der Waals surface area contributed by atoms with E-state index in [1.165, 1.54) is 23.1 Å². The fraction of sp³-hybridized carbons (Fsp3) is 0.423. The number of hydrogen-bond acceptors (Lipinski definition) is 2. The molecule has 3 rings (SSSR count). The zero-order chi connectivity index (χ0) is 20.1. The van der Waals surface area contributed by atoms with E-state index in [1.807, 2.05) is 6.07 Å². The van der Waals surface area contributed by atoms with E-state index in [4.69, 9.17) is 4.74 Å². The van der Waals surface area contributed by atoms with Gasteiger partial charge in [-0.25, -0.2) is 4.79 Å². The predicted molar refractivity (Wildman–Crippen MR) is 115 cm³/mol. The SMILES string of the molecule is CC#CC(=O)O[C@@H]1C[C@H](C)CC[C@H]1C(C)(C)c1ccc(-c2ccccc2)cc1. The van der Waals surface area contributed by atoms with Crippen LogP contribution in [0.2, 0.25) is 0 Å². The Labute approximate surface area is 169 Å². The second-order valence-corrected chi connectivity index (χ2v) is 8.51. The number of benzene rings is 2. The van der Waals surface area contributed by atoms with Crippen molar-refractivity contribution in [3.63, 3.8) is 0 Å². The van der Waals surface area contributed by atoms with Crippen LogP contribution in [0.25, 0.3) is 11.1 Å². The molecule has 1 aliphatic carbocycles. The van der Waals surface area contributed by atoms with Crippen LogP contribution in [0.15, 0.2) is 54.6 Å². The molecular formula is C26H30O2. The van der Waals surface area contributed by atoms with E-state index in [1.54, 1.807) is 6.92 Å². The van der Waals surface area contributed by atoms with Crippen molar-refractivity contribution in [2.75, 3.05) is 0 Å². The summed E-state index contributed by atoms with van der Waals surface area (Å²) in [6.07, 6.45) is 3.06. The highest BCUT2D eigenvalue weighted by Gasteiger charge is 2.41. The molecule has 0 spiro atoms. The third-order valence-electron chi connectivity index (χ3n) is 6.20. The van der Waals surface area contributed by atoms with Gasteiger partial charge in [0, 0.05) is 11.8 Å². The molecule has 1 aliphatic rings. The van der Waals surface area contributed by atoms with E-state index in [-0.39, 0.29) is 17.4 Å².